The number of aromatic nitrogens is 1. The van der Waals surface area contributed by atoms with Gasteiger partial charge in [-0.3, -0.25) is 19.4 Å². The predicted octanol–water partition coefficient (Wildman–Crippen LogP) is 1.54. The number of hydrogen-bond acceptors (Lipinski definition) is 4. The van der Waals surface area contributed by atoms with Crippen molar-refractivity contribution in [3.8, 4) is 0 Å². The van der Waals surface area contributed by atoms with Gasteiger partial charge < -0.3 is 10.6 Å². The number of carbonyl (C=O) groups is 3. The van der Waals surface area contributed by atoms with E-state index in [2.05, 4.69) is 15.6 Å². The van der Waals surface area contributed by atoms with Crippen LogP contribution in [-0.2, 0) is 16.1 Å². The molecule has 0 aliphatic carbocycles. The van der Waals surface area contributed by atoms with Crippen molar-refractivity contribution in [2.45, 2.75) is 13.5 Å². The number of amides is 2. The molecule has 0 radical (unpaired) electrons. The van der Waals surface area contributed by atoms with Gasteiger partial charge in [-0.15, -0.1) is 0 Å². The summed E-state index contributed by atoms with van der Waals surface area (Å²) in [6.07, 6.45) is 3.22. The van der Waals surface area contributed by atoms with Gasteiger partial charge in [-0.2, -0.15) is 0 Å². The fourth-order valence-corrected chi connectivity index (χ4v) is 1.74. The Kier molecular flexibility index (Phi) is 4.98. The smallest absolute Gasteiger partial charge is 0.313 e. The molecule has 6 heteroatoms. The molecule has 2 aromatic rings. The van der Waals surface area contributed by atoms with Gasteiger partial charge in [-0.1, -0.05) is 0 Å². The predicted molar refractivity (Wildman–Crippen MR) is 81.2 cm³/mol. The molecule has 0 aliphatic heterocycles. The normalized spacial score (nSPS) is 9.86. The van der Waals surface area contributed by atoms with Crippen molar-refractivity contribution in [3.05, 3.63) is 59.9 Å². The van der Waals surface area contributed by atoms with Crippen LogP contribution < -0.4 is 10.6 Å². The average Bonchev–Trinajstić information content (AvgIpc) is 2.54. The van der Waals surface area contributed by atoms with Crippen molar-refractivity contribution in [1.29, 1.82) is 0 Å². The largest absolute Gasteiger partial charge is 0.344 e. The van der Waals surface area contributed by atoms with Crippen LogP contribution in [0.15, 0.2) is 48.8 Å². The summed E-state index contributed by atoms with van der Waals surface area (Å²) in [5.41, 5.74) is 1.84. The van der Waals surface area contributed by atoms with Crippen LogP contribution in [0.25, 0.3) is 0 Å². The summed E-state index contributed by atoms with van der Waals surface area (Å²) >= 11 is 0. The Balaban J connectivity index is 1.88. The van der Waals surface area contributed by atoms with E-state index < -0.39 is 11.8 Å². The maximum absolute atomic E-state index is 11.8. The van der Waals surface area contributed by atoms with Crippen molar-refractivity contribution < 1.29 is 14.4 Å². The Hall–Kier alpha value is -3.02. The summed E-state index contributed by atoms with van der Waals surface area (Å²) in [4.78, 5) is 38.5. The van der Waals surface area contributed by atoms with Gasteiger partial charge in [0.2, 0.25) is 0 Å². The van der Waals surface area contributed by atoms with Crippen molar-refractivity contribution in [1.82, 2.24) is 10.3 Å². The molecule has 1 heterocycles. The van der Waals surface area contributed by atoms with Gasteiger partial charge in [0.05, 0.1) is 0 Å². The first-order valence-corrected chi connectivity index (χ1v) is 6.65. The van der Waals surface area contributed by atoms with Gasteiger partial charge in [0.25, 0.3) is 0 Å². The van der Waals surface area contributed by atoms with E-state index >= 15 is 0 Å². The number of benzene rings is 1. The fourth-order valence-electron chi connectivity index (χ4n) is 1.74. The minimum absolute atomic E-state index is 0.0621. The summed E-state index contributed by atoms with van der Waals surface area (Å²) in [7, 11) is 0. The maximum atomic E-state index is 11.8. The van der Waals surface area contributed by atoms with E-state index in [0.29, 0.717) is 11.3 Å². The van der Waals surface area contributed by atoms with Crippen molar-refractivity contribution in [3.63, 3.8) is 0 Å². The monoisotopic (exact) mass is 297 g/mol. The molecule has 2 rings (SSSR count). The quantitative estimate of drug-likeness (QED) is 0.662. The molecule has 2 N–H and O–H groups in total. The highest BCUT2D eigenvalue weighted by atomic mass is 16.2. The highest BCUT2D eigenvalue weighted by Gasteiger charge is 2.13. The van der Waals surface area contributed by atoms with E-state index in [1.165, 1.54) is 6.92 Å². The third-order valence-corrected chi connectivity index (χ3v) is 2.96. The van der Waals surface area contributed by atoms with E-state index in [1.807, 2.05) is 0 Å². The molecule has 1 aromatic carbocycles. The molecular formula is C16H15N3O3. The molecule has 6 nitrogen and oxygen atoms in total. The van der Waals surface area contributed by atoms with E-state index in [1.54, 1.807) is 48.8 Å². The molecule has 0 aliphatic rings. The van der Waals surface area contributed by atoms with Crippen molar-refractivity contribution in [2.75, 3.05) is 5.32 Å². The number of nitrogens with zero attached hydrogens (tertiary/aromatic N) is 1. The Morgan fingerprint density at radius 2 is 1.59 bits per heavy atom. The van der Waals surface area contributed by atoms with E-state index in [9.17, 15) is 14.4 Å². The number of pyridine rings is 1. The number of rotatable bonds is 4. The molecule has 0 unspecified atom stereocenters. The molecule has 0 spiro atoms. The first-order valence-electron chi connectivity index (χ1n) is 6.65. The minimum Gasteiger partial charge on any atom is -0.344 e. The second kappa shape index (κ2) is 7.12. The lowest BCUT2D eigenvalue weighted by Gasteiger charge is -2.07. The molecular weight excluding hydrogens is 282 g/mol. The first-order chi connectivity index (χ1) is 10.6. The van der Waals surface area contributed by atoms with E-state index in [4.69, 9.17) is 0 Å². The van der Waals surface area contributed by atoms with Crippen LogP contribution in [0.1, 0.15) is 22.8 Å². The molecule has 0 atom stereocenters. The summed E-state index contributed by atoms with van der Waals surface area (Å²) in [5, 5.41) is 4.99. The van der Waals surface area contributed by atoms with Crippen LogP contribution >= 0.6 is 0 Å². The van der Waals surface area contributed by atoms with Gasteiger partial charge in [-0.05, 0) is 48.9 Å². The Labute approximate surface area is 127 Å². The Morgan fingerprint density at radius 1 is 0.955 bits per heavy atom. The van der Waals surface area contributed by atoms with Crippen LogP contribution in [-0.4, -0.2) is 22.6 Å². The number of carbonyl (C=O) groups excluding carboxylic acids is 3. The zero-order chi connectivity index (χ0) is 15.9. The maximum Gasteiger partial charge on any atom is 0.313 e. The number of ketones is 1. The molecule has 22 heavy (non-hydrogen) atoms. The lowest BCUT2D eigenvalue weighted by Crippen LogP contribution is -2.34. The summed E-state index contributed by atoms with van der Waals surface area (Å²) in [5.74, 6) is -1.55. The highest BCUT2D eigenvalue weighted by molar-refractivity contribution is 6.39. The molecule has 0 bridgehead atoms. The van der Waals surface area contributed by atoms with Crippen LogP contribution in [0.2, 0.25) is 0 Å². The second-order valence-electron chi connectivity index (χ2n) is 4.63. The minimum atomic E-state index is -0.760. The van der Waals surface area contributed by atoms with Gasteiger partial charge in [0, 0.05) is 30.2 Å². The van der Waals surface area contributed by atoms with Gasteiger partial charge in [-0.25, -0.2) is 0 Å². The topological polar surface area (TPSA) is 88.2 Å². The average molecular weight is 297 g/mol. The Bertz CT molecular complexity index is 682. The van der Waals surface area contributed by atoms with Crippen LogP contribution in [0.3, 0.4) is 0 Å². The third kappa shape index (κ3) is 4.24. The Morgan fingerprint density at radius 3 is 2.18 bits per heavy atom. The number of hydrogen-bond donors (Lipinski definition) is 2. The van der Waals surface area contributed by atoms with Crippen LogP contribution in [0, 0.1) is 0 Å². The first kappa shape index (κ1) is 15.4. The molecule has 0 fully saturated rings. The van der Waals surface area contributed by atoms with Gasteiger partial charge in [0.1, 0.15) is 0 Å². The fraction of sp³-hybridized carbons (Fsp3) is 0.125. The van der Waals surface area contributed by atoms with Crippen LogP contribution in [0.5, 0.6) is 0 Å². The zero-order valence-corrected chi connectivity index (χ0v) is 12.0. The molecule has 0 saturated heterocycles. The van der Waals surface area contributed by atoms with Gasteiger partial charge >= 0.3 is 11.8 Å². The lowest BCUT2D eigenvalue weighted by molar-refractivity contribution is -0.136. The summed E-state index contributed by atoms with van der Waals surface area (Å²) < 4.78 is 0. The van der Waals surface area contributed by atoms with Crippen molar-refractivity contribution in [2.24, 2.45) is 0 Å². The second-order valence-corrected chi connectivity index (χ2v) is 4.63. The molecule has 0 saturated carbocycles. The van der Waals surface area contributed by atoms with Crippen LogP contribution in [0.4, 0.5) is 5.69 Å². The zero-order valence-electron chi connectivity index (χ0n) is 12.0. The number of nitrogens with one attached hydrogen (secondary N) is 2. The number of Topliss-reactive ketones (excluding diaryl/α,β-unsaturated/α-hetero) is 1. The third-order valence-electron chi connectivity index (χ3n) is 2.96. The highest BCUT2D eigenvalue weighted by Crippen LogP contribution is 2.09. The molecule has 112 valence electrons. The number of anilines is 1. The molecule has 1 aromatic heterocycles. The van der Waals surface area contributed by atoms with E-state index in [0.717, 1.165) is 5.56 Å². The summed E-state index contributed by atoms with van der Waals surface area (Å²) in [6.45, 7) is 1.71. The molecule has 2 amide bonds. The SMILES string of the molecule is CC(=O)c1ccc(NC(=O)C(=O)NCc2ccncc2)cc1. The lowest BCUT2D eigenvalue weighted by atomic mass is 10.1. The van der Waals surface area contributed by atoms with Crippen molar-refractivity contribution >= 4 is 23.3 Å². The van der Waals surface area contributed by atoms with E-state index in [-0.39, 0.29) is 12.3 Å². The van der Waals surface area contributed by atoms with Gasteiger partial charge in [0.15, 0.2) is 5.78 Å². The standard InChI is InChI=1S/C16H15N3O3/c1-11(20)13-2-4-14(5-3-13)19-16(22)15(21)18-10-12-6-8-17-9-7-12/h2-9H,10H2,1H3,(H,18,21)(H,19,22). The summed E-state index contributed by atoms with van der Waals surface area (Å²) in [6, 6.07) is 9.83.